The van der Waals surface area contributed by atoms with Gasteiger partial charge in [0.2, 0.25) is 0 Å². The average molecular weight is 296 g/mol. The Kier molecular flexibility index (Phi) is 3.44. The van der Waals surface area contributed by atoms with Gasteiger partial charge in [-0.05, 0) is 44.7 Å². The van der Waals surface area contributed by atoms with Gasteiger partial charge in [0.05, 0.1) is 7.11 Å². The molecule has 0 saturated heterocycles. The van der Waals surface area contributed by atoms with Gasteiger partial charge in [0.1, 0.15) is 13.8 Å². The quantitative estimate of drug-likeness (QED) is 0.776. The maximum Gasteiger partial charge on any atom is 0.124 e. The second-order valence-electron chi connectivity index (χ2n) is 6.64. The lowest BCUT2D eigenvalue weighted by Gasteiger charge is -2.37. The van der Waals surface area contributed by atoms with Crippen LogP contribution < -0.4 is 15.1 Å². The van der Waals surface area contributed by atoms with E-state index in [9.17, 15) is 0 Å². The molecule has 110 valence electrons. The minimum atomic E-state index is -1.72. The van der Waals surface area contributed by atoms with E-state index in [0.717, 1.165) is 5.75 Å². The summed E-state index contributed by atoms with van der Waals surface area (Å²) in [5, 5.41) is 3.20. The normalized spacial score (nSPS) is 15.2. The van der Waals surface area contributed by atoms with Crippen molar-refractivity contribution in [3.8, 4) is 16.9 Å². The highest BCUT2D eigenvalue weighted by atomic mass is 28.3. The fourth-order valence-electron chi connectivity index (χ4n) is 4.37. The molecule has 0 spiro atoms. The lowest BCUT2D eigenvalue weighted by atomic mass is 10.1. The molecule has 0 aromatic heterocycles. The monoisotopic (exact) mass is 296 g/mol. The van der Waals surface area contributed by atoms with Crippen LogP contribution in [0.2, 0.25) is 11.1 Å². The van der Waals surface area contributed by atoms with Crippen molar-refractivity contribution in [1.82, 2.24) is 0 Å². The molecule has 1 heterocycles. The van der Waals surface area contributed by atoms with Crippen LogP contribution in [0.1, 0.15) is 27.7 Å². The van der Waals surface area contributed by atoms with Gasteiger partial charge in [-0.15, -0.1) is 0 Å². The van der Waals surface area contributed by atoms with Gasteiger partial charge in [-0.1, -0.05) is 58.0 Å². The third kappa shape index (κ3) is 1.82. The number of hydrogen-bond acceptors (Lipinski definition) is 1. The summed E-state index contributed by atoms with van der Waals surface area (Å²) in [6, 6.07) is 15.7. The first kappa shape index (κ1) is 14.4. The Morgan fingerprint density at radius 1 is 0.810 bits per heavy atom. The predicted octanol–water partition coefficient (Wildman–Crippen LogP) is 4.06. The van der Waals surface area contributed by atoms with Gasteiger partial charge in [0, 0.05) is 0 Å². The number of rotatable bonds is 3. The first-order chi connectivity index (χ1) is 10.0. The van der Waals surface area contributed by atoms with E-state index in [4.69, 9.17) is 4.74 Å². The molecule has 1 aliphatic rings. The van der Waals surface area contributed by atoms with Crippen molar-refractivity contribution in [3.63, 3.8) is 0 Å². The molecule has 0 saturated carbocycles. The molecule has 0 unspecified atom stereocenters. The van der Waals surface area contributed by atoms with Crippen LogP contribution in [0.15, 0.2) is 42.5 Å². The molecule has 0 amide bonds. The van der Waals surface area contributed by atoms with Gasteiger partial charge in [-0.25, -0.2) is 0 Å². The topological polar surface area (TPSA) is 9.23 Å². The van der Waals surface area contributed by atoms with Crippen LogP contribution in [-0.2, 0) is 0 Å². The minimum absolute atomic E-state index is 0.688. The van der Waals surface area contributed by atoms with Crippen LogP contribution in [0.3, 0.4) is 0 Å². The zero-order valence-corrected chi connectivity index (χ0v) is 14.6. The standard InChI is InChI=1S/C19H24OSi/c1-13(2)21(14(3)4)18-9-7-6-8-16(18)17-12-15(20-5)10-11-19(17)21/h6-14H,1-5H3. The first-order valence-corrected chi connectivity index (χ1v) is 9.97. The maximum absolute atomic E-state index is 5.46. The summed E-state index contributed by atoms with van der Waals surface area (Å²) in [4.78, 5) is 0. The van der Waals surface area contributed by atoms with Crippen molar-refractivity contribution >= 4 is 18.4 Å². The number of ether oxygens (including phenoxy) is 1. The van der Waals surface area contributed by atoms with Crippen LogP contribution in [0.5, 0.6) is 5.75 Å². The van der Waals surface area contributed by atoms with Crippen molar-refractivity contribution in [2.75, 3.05) is 7.11 Å². The SMILES string of the molecule is COc1ccc2c(c1)-c1ccccc1[Si]2(C(C)C)C(C)C. The number of methoxy groups -OCH3 is 1. The molecule has 2 aromatic rings. The molecule has 0 aliphatic carbocycles. The second kappa shape index (κ2) is 5.02. The van der Waals surface area contributed by atoms with Crippen molar-refractivity contribution in [3.05, 3.63) is 42.5 Å². The Hall–Kier alpha value is -1.54. The summed E-state index contributed by atoms with van der Waals surface area (Å²) in [6.07, 6.45) is 0. The highest BCUT2D eigenvalue weighted by Gasteiger charge is 2.49. The summed E-state index contributed by atoms with van der Waals surface area (Å²) in [5.41, 5.74) is 4.21. The fourth-order valence-corrected chi connectivity index (χ4v) is 10.5. The predicted molar refractivity (Wildman–Crippen MR) is 93.6 cm³/mol. The Morgan fingerprint density at radius 3 is 2.05 bits per heavy atom. The van der Waals surface area contributed by atoms with E-state index in [-0.39, 0.29) is 0 Å². The van der Waals surface area contributed by atoms with Crippen LogP contribution in [0.25, 0.3) is 11.1 Å². The number of fused-ring (bicyclic) bond motifs is 3. The Balaban J connectivity index is 2.39. The van der Waals surface area contributed by atoms with E-state index in [0.29, 0.717) is 11.1 Å². The summed E-state index contributed by atoms with van der Waals surface area (Å²) >= 11 is 0. The zero-order chi connectivity index (χ0) is 15.2. The van der Waals surface area contributed by atoms with Gasteiger partial charge in [-0.2, -0.15) is 0 Å². The Bertz CT molecular complexity index is 665. The van der Waals surface area contributed by atoms with E-state index in [2.05, 4.69) is 70.2 Å². The second-order valence-corrected chi connectivity index (χ2v) is 11.8. The summed E-state index contributed by atoms with van der Waals surface area (Å²) < 4.78 is 5.46. The molecular weight excluding hydrogens is 272 g/mol. The molecule has 0 radical (unpaired) electrons. The van der Waals surface area contributed by atoms with Crippen molar-refractivity contribution in [2.24, 2.45) is 0 Å². The minimum Gasteiger partial charge on any atom is -0.497 e. The highest BCUT2D eigenvalue weighted by Crippen LogP contribution is 2.41. The van der Waals surface area contributed by atoms with Gasteiger partial charge < -0.3 is 4.74 Å². The number of hydrogen-bond donors (Lipinski definition) is 0. The van der Waals surface area contributed by atoms with Gasteiger partial charge in [0.25, 0.3) is 0 Å². The molecule has 1 nitrogen and oxygen atoms in total. The van der Waals surface area contributed by atoms with E-state index in [1.165, 1.54) is 11.1 Å². The van der Waals surface area contributed by atoms with Crippen LogP contribution >= 0.6 is 0 Å². The molecular formula is C19H24OSi. The highest BCUT2D eigenvalue weighted by molar-refractivity contribution is 7.07. The van der Waals surface area contributed by atoms with E-state index >= 15 is 0 Å². The molecule has 0 bridgehead atoms. The summed E-state index contributed by atoms with van der Waals surface area (Å²) in [7, 11) is 0.0286. The van der Waals surface area contributed by atoms with E-state index in [1.54, 1.807) is 17.5 Å². The van der Waals surface area contributed by atoms with Crippen LogP contribution in [-0.4, -0.2) is 15.2 Å². The average Bonchev–Trinajstić information content (AvgIpc) is 2.78. The summed E-state index contributed by atoms with van der Waals surface area (Å²) in [6.45, 7) is 9.62. The third-order valence-electron chi connectivity index (χ3n) is 5.16. The van der Waals surface area contributed by atoms with Gasteiger partial charge >= 0.3 is 0 Å². The van der Waals surface area contributed by atoms with Gasteiger partial charge in [0.15, 0.2) is 0 Å². The molecule has 21 heavy (non-hydrogen) atoms. The lowest BCUT2D eigenvalue weighted by Crippen LogP contribution is -2.59. The molecule has 2 heteroatoms. The Morgan fingerprint density at radius 2 is 1.43 bits per heavy atom. The molecule has 0 atom stereocenters. The van der Waals surface area contributed by atoms with Gasteiger partial charge in [-0.3, -0.25) is 0 Å². The molecule has 3 rings (SSSR count). The van der Waals surface area contributed by atoms with E-state index < -0.39 is 8.07 Å². The largest absolute Gasteiger partial charge is 0.497 e. The van der Waals surface area contributed by atoms with Crippen LogP contribution in [0.4, 0.5) is 0 Å². The Labute approximate surface area is 129 Å². The molecule has 0 fully saturated rings. The lowest BCUT2D eigenvalue weighted by molar-refractivity contribution is 0.415. The van der Waals surface area contributed by atoms with Crippen molar-refractivity contribution in [1.29, 1.82) is 0 Å². The molecule has 0 N–H and O–H groups in total. The zero-order valence-electron chi connectivity index (χ0n) is 13.6. The molecule has 2 aromatic carbocycles. The van der Waals surface area contributed by atoms with E-state index in [1.807, 2.05) is 0 Å². The van der Waals surface area contributed by atoms with Crippen molar-refractivity contribution in [2.45, 2.75) is 38.8 Å². The fraction of sp³-hybridized carbons (Fsp3) is 0.368. The smallest absolute Gasteiger partial charge is 0.124 e. The maximum atomic E-state index is 5.46. The number of benzene rings is 2. The van der Waals surface area contributed by atoms with Crippen LogP contribution in [0, 0.1) is 0 Å². The molecule has 1 aliphatic heterocycles. The third-order valence-corrected chi connectivity index (χ3v) is 11.5. The van der Waals surface area contributed by atoms with Crippen molar-refractivity contribution < 1.29 is 4.74 Å². The summed E-state index contributed by atoms with van der Waals surface area (Å²) in [5.74, 6) is 0.959. The first-order valence-electron chi connectivity index (χ1n) is 7.81.